The summed E-state index contributed by atoms with van der Waals surface area (Å²) < 4.78 is 63.2. The highest BCUT2D eigenvalue weighted by atomic mass is 79.9. The largest absolute Gasteiger partial charge is 0.402 e. The van der Waals surface area contributed by atoms with E-state index < -0.39 is 22.7 Å². The third kappa shape index (κ3) is 4.18. The Labute approximate surface area is 117 Å². The molecular formula is C9H13BrF3N3O2S. The standard InChI is InChI=1S/C9H13BrF3N3O2S/c1-7-14-8(5-15(7)2)19(17,18)16(4-3-10)6-9(11,12)13/h5H,3-4,6H2,1-2H3. The molecule has 1 heterocycles. The average Bonchev–Trinajstić information content (AvgIpc) is 2.57. The van der Waals surface area contributed by atoms with Gasteiger partial charge in [-0.15, -0.1) is 0 Å². The molecule has 110 valence electrons. The summed E-state index contributed by atoms with van der Waals surface area (Å²) in [6.45, 7) is -0.244. The molecule has 0 fully saturated rings. The first-order valence-corrected chi connectivity index (χ1v) is 7.77. The molecule has 1 rings (SSSR count). The van der Waals surface area contributed by atoms with E-state index in [1.165, 1.54) is 10.8 Å². The molecule has 0 amide bonds. The van der Waals surface area contributed by atoms with Crippen LogP contribution in [-0.2, 0) is 17.1 Å². The molecule has 0 unspecified atom stereocenters. The summed E-state index contributed by atoms with van der Waals surface area (Å²) in [5, 5.41) is -0.272. The van der Waals surface area contributed by atoms with E-state index in [1.54, 1.807) is 14.0 Å². The average molecular weight is 364 g/mol. The Morgan fingerprint density at radius 3 is 2.42 bits per heavy atom. The van der Waals surface area contributed by atoms with Gasteiger partial charge in [0.15, 0.2) is 5.03 Å². The molecule has 19 heavy (non-hydrogen) atoms. The van der Waals surface area contributed by atoms with Crippen molar-refractivity contribution in [3.8, 4) is 0 Å². The Balaban J connectivity index is 3.12. The van der Waals surface area contributed by atoms with Crippen LogP contribution in [0.3, 0.4) is 0 Å². The lowest BCUT2D eigenvalue weighted by atomic mass is 10.6. The number of aromatic nitrogens is 2. The molecule has 0 N–H and O–H groups in total. The number of halogens is 4. The Kier molecular flexibility index (Phi) is 5.02. The zero-order valence-electron chi connectivity index (χ0n) is 10.3. The lowest BCUT2D eigenvalue weighted by Crippen LogP contribution is -2.40. The maximum Gasteiger partial charge on any atom is 0.402 e. The van der Waals surface area contributed by atoms with Gasteiger partial charge in [-0.1, -0.05) is 15.9 Å². The van der Waals surface area contributed by atoms with E-state index in [4.69, 9.17) is 0 Å². The van der Waals surface area contributed by atoms with Crippen LogP contribution >= 0.6 is 15.9 Å². The monoisotopic (exact) mass is 363 g/mol. The number of rotatable bonds is 5. The Bertz CT molecular complexity index is 522. The molecule has 0 aromatic carbocycles. The second-order valence-corrected chi connectivity index (χ2v) is 6.56. The third-order valence-electron chi connectivity index (χ3n) is 2.38. The molecule has 1 aromatic rings. The first kappa shape index (κ1) is 16.4. The lowest BCUT2D eigenvalue weighted by Gasteiger charge is -2.21. The minimum atomic E-state index is -4.60. The van der Waals surface area contributed by atoms with Crippen molar-refractivity contribution in [2.24, 2.45) is 7.05 Å². The highest BCUT2D eigenvalue weighted by Crippen LogP contribution is 2.22. The van der Waals surface area contributed by atoms with Crippen LogP contribution in [-0.4, -0.2) is 46.9 Å². The van der Waals surface area contributed by atoms with Gasteiger partial charge in [0, 0.05) is 25.1 Å². The van der Waals surface area contributed by atoms with Crippen molar-refractivity contribution in [1.29, 1.82) is 0 Å². The van der Waals surface area contributed by atoms with Gasteiger partial charge in [-0.05, 0) is 6.92 Å². The fourth-order valence-corrected chi connectivity index (χ4v) is 3.48. The second kappa shape index (κ2) is 5.80. The molecule has 0 aliphatic heterocycles. The van der Waals surface area contributed by atoms with Crippen molar-refractivity contribution < 1.29 is 21.6 Å². The van der Waals surface area contributed by atoms with Gasteiger partial charge in [-0.3, -0.25) is 0 Å². The molecule has 0 radical (unpaired) electrons. The van der Waals surface area contributed by atoms with E-state index in [9.17, 15) is 21.6 Å². The molecule has 0 saturated heterocycles. The fraction of sp³-hybridized carbons (Fsp3) is 0.667. The number of alkyl halides is 4. The van der Waals surface area contributed by atoms with E-state index in [-0.39, 0.29) is 16.9 Å². The predicted molar refractivity (Wildman–Crippen MR) is 66.6 cm³/mol. The van der Waals surface area contributed by atoms with Crippen LogP contribution in [0.2, 0.25) is 0 Å². The van der Waals surface area contributed by atoms with Crippen molar-refractivity contribution >= 4 is 26.0 Å². The van der Waals surface area contributed by atoms with Gasteiger partial charge in [0.05, 0.1) is 0 Å². The molecule has 0 aliphatic rings. The fourth-order valence-electron chi connectivity index (χ4n) is 1.36. The van der Waals surface area contributed by atoms with E-state index in [0.717, 1.165) is 0 Å². The summed E-state index contributed by atoms with van der Waals surface area (Å²) in [5.41, 5.74) is 0. The van der Waals surface area contributed by atoms with Gasteiger partial charge in [0.1, 0.15) is 12.4 Å². The maximum absolute atomic E-state index is 12.4. The molecule has 10 heteroatoms. The molecule has 0 bridgehead atoms. The van der Waals surface area contributed by atoms with Crippen molar-refractivity contribution in [2.45, 2.75) is 18.1 Å². The molecule has 0 aliphatic carbocycles. The number of nitrogens with zero attached hydrogens (tertiary/aromatic N) is 3. The van der Waals surface area contributed by atoms with Crippen molar-refractivity contribution in [1.82, 2.24) is 13.9 Å². The van der Waals surface area contributed by atoms with E-state index in [1.807, 2.05) is 0 Å². The topological polar surface area (TPSA) is 55.2 Å². The molecule has 0 atom stereocenters. The van der Waals surface area contributed by atoms with Crippen molar-refractivity contribution in [2.75, 3.05) is 18.4 Å². The van der Waals surface area contributed by atoms with Crippen molar-refractivity contribution in [3.05, 3.63) is 12.0 Å². The van der Waals surface area contributed by atoms with Crippen LogP contribution in [0.1, 0.15) is 5.82 Å². The highest BCUT2D eigenvalue weighted by Gasteiger charge is 2.37. The SMILES string of the molecule is Cc1nc(S(=O)(=O)N(CCBr)CC(F)(F)F)cn1C. The molecular weight excluding hydrogens is 351 g/mol. The van der Waals surface area contributed by atoms with Crippen LogP contribution < -0.4 is 0 Å². The minimum Gasteiger partial charge on any atom is -0.337 e. The quantitative estimate of drug-likeness (QED) is 0.747. The van der Waals surface area contributed by atoms with Gasteiger partial charge in [-0.25, -0.2) is 13.4 Å². The van der Waals surface area contributed by atoms with Gasteiger partial charge in [0.2, 0.25) is 0 Å². The van der Waals surface area contributed by atoms with Gasteiger partial charge < -0.3 is 4.57 Å². The summed E-state index contributed by atoms with van der Waals surface area (Å²) >= 11 is 2.94. The van der Waals surface area contributed by atoms with E-state index >= 15 is 0 Å². The molecule has 1 aromatic heterocycles. The number of sulfonamides is 1. The Morgan fingerprint density at radius 1 is 1.47 bits per heavy atom. The smallest absolute Gasteiger partial charge is 0.337 e. The normalized spacial score (nSPS) is 13.2. The summed E-state index contributed by atoms with van der Waals surface area (Å²) in [5.74, 6) is 0.407. The van der Waals surface area contributed by atoms with Crippen LogP contribution in [0, 0.1) is 6.92 Å². The third-order valence-corrected chi connectivity index (χ3v) is 4.45. The number of hydrogen-bond donors (Lipinski definition) is 0. The lowest BCUT2D eigenvalue weighted by molar-refractivity contribution is -0.135. The highest BCUT2D eigenvalue weighted by molar-refractivity contribution is 9.09. The number of aryl methyl sites for hydroxylation is 2. The predicted octanol–water partition coefficient (Wildman–Crippen LogP) is 1.68. The molecule has 0 spiro atoms. The summed E-state index contributed by atoms with van der Waals surface area (Å²) in [7, 11) is -2.68. The van der Waals surface area contributed by atoms with Crippen molar-refractivity contribution in [3.63, 3.8) is 0 Å². The van der Waals surface area contributed by atoms with Gasteiger partial charge in [-0.2, -0.15) is 17.5 Å². The van der Waals surface area contributed by atoms with E-state index in [2.05, 4.69) is 20.9 Å². The minimum absolute atomic E-state index is 0.105. The second-order valence-electron chi connectivity index (χ2n) is 3.88. The van der Waals surface area contributed by atoms with Gasteiger partial charge in [0.25, 0.3) is 10.0 Å². The van der Waals surface area contributed by atoms with E-state index in [0.29, 0.717) is 10.1 Å². The van der Waals surface area contributed by atoms with Crippen LogP contribution in [0.15, 0.2) is 11.2 Å². The maximum atomic E-state index is 12.4. The number of hydrogen-bond acceptors (Lipinski definition) is 3. The summed E-state index contributed by atoms with van der Waals surface area (Å²) in [4.78, 5) is 3.77. The first-order valence-electron chi connectivity index (χ1n) is 5.21. The zero-order chi connectivity index (χ0) is 14.8. The van der Waals surface area contributed by atoms with Gasteiger partial charge >= 0.3 is 6.18 Å². The zero-order valence-corrected chi connectivity index (χ0v) is 12.7. The number of imidazole rings is 1. The van der Waals surface area contributed by atoms with Crippen LogP contribution in [0.5, 0.6) is 0 Å². The van der Waals surface area contributed by atoms with Crippen LogP contribution in [0.25, 0.3) is 0 Å². The summed E-state index contributed by atoms with van der Waals surface area (Å²) in [6, 6.07) is 0. The van der Waals surface area contributed by atoms with Crippen LogP contribution in [0.4, 0.5) is 13.2 Å². The summed E-state index contributed by atoms with van der Waals surface area (Å²) in [6.07, 6.45) is -3.40. The molecule has 5 nitrogen and oxygen atoms in total. The Hall–Kier alpha value is -0.610. The Morgan fingerprint density at radius 2 is 2.05 bits per heavy atom. The first-order chi connectivity index (χ1) is 8.58. The molecule has 0 saturated carbocycles.